The molecule has 0 aliphatic carbocycles. The fraction of sp³-hybridized carbons (Fsp3) is 0.417. The molecule has 0 saturated carbocycles. The number of methoxy groups -OCH3 is 1. The van der Waals surface area contributed by atoms with E-state index in [1.807, 2.05) is 30.3 Å². The van der Waals surface area contributed by atoms with Crippen molar-refractivity contribution in [3.8, 4) is 0 Å². The van der Waals surface area contributed by atoms with Crippen LogP contribution in [-0.2, 0) is 16.0 Å². The minimum atomic E-state index is -1.11. The molecule has 1 unspecified atom stereocenters. The Labute approximate surface area is 89.1 Å². The lowest BCUT2D eigenvalue weighted by molar-refractivity contribution is -0.141. The van der Waals surface area contributed by atoms with Crippen LogP contribution in [0.3, 0.4) is 0 Å². The van der Waals surface area contributed by atoms with Gasteiger partial charge in [0.2, 0.25) is 0 Å². The van der Waals surface area contributed by atoms with Crippen LogP contribution in [0.5, 0.6) is 0 Å². The molecule has 15 heavy (non-hydrogen) atoms. The van der Waals surface area contributed by atoms with E-state index in [2.05, 4.69) is 4.74 Å². The molecule has 1 aromatic rings. The predicted octanol–water partition coefficient (Wildman–Crippen LogP) is 2.52. The maximum Gasteiger partial charge on any atom is 0.308 e. The molecule has 0 radical (unpaired) electrons. The first-order valence-electron chi connectivity index (χ1n) is 4.97. The number of alkyl halides is 1. The highest BCUT2D eigenvalue weighted by Crippen LogP contribution is 2.10. The monoisotopic (exact) mass is 210 g/mol. The van der Waals surface area contributed by atoms with Gasteiger partial charge in [-0.2, -0.15) is 0 Å². The standard InChI is InChI=1S/C12H15FO2/c1-15-12(14)9-11(13)8-7-10-5-3-2-4-6-10/h2-6,11H,7-9H2,1H3. The molecule has 0 N–H and O–H groups in total. The normalized spacial score (nSPS) is 12.1. The summed E-state index contributed by atoms with van der Waals surface area (Å²) < 4.78 is 17.6. The number of halogens is 1. The lowest BCUT2D eigenvalue weighted by Gasteiger charge is -2.06. The smallest absolute Gasteiger partial charge is 0.308 e. The molecule has 0 saturated heterocycles. The number of esters is 1. The van der Waals surface area contributed by atoms with Crippen molar-refractivity contribution < 1.29 is 13.9 Å². The quantitative estimate of drug-likeness (QED) is 0.698. The summed E-state index contributed by atoms with van der Waals surface area (Å²) in [5.41, 5.74) is 1.09. The van der Waals surface area contributed by atoms with Crippen molar-refractivity contribution >= 4 is 5.97 Å². The predicted molar refractivity (Wildman–Crippen MR) is 56.3 cm³/mol. The van der Waals surface area contributed by atoms with Crippen molar-refractivity contribution in [2.75, 3.05) is 7.11 Å². The van der Waals surface area contributed by atoms with Gasteiger partial charge in [0.15, 0.2) is 0 Å². The van der Waals surface area contributed by atoms with Crippen molar-refractivity contribution in [3.63, 3.8) is 0 Å². The zero-order valence-corrected chi connectivity index (χ0v) is 8.78. The summed E-state index contributed by atoms with van der Waals surface area (Å²) in [6.45, 7) is 0. The molecule has 2 nitrogen and oxygen atoms in total. The van der Waals surface area contributed by atoms with Crippen LogP contribution in [0.1, 0.15) is 18.4 Å². The SMILES string of the molecule is COC(=O)CC(F)CCc1ccccc1. The largest absolute Gasteiger partial charge is 0.469 e. The number of carbonyl (C=O) groups excluding carboxylic acids is 1. The van der Waals surface area contributed by atoms with E-state index in [1.54, 1.807) is 0 Å². The number of rotatable bonds is 5. The van der Waals surface area contributed by atoms with Gasteiger partial charge < -0.3 is 4.74 Å². The fourth-order valence-electron chi connectivity index (χ4n) is 1.33. The molecule has 1 rings (SSSR count). The molecule has 0 aliphatic rings. The van der Waals surface area contributed by atoms with Crippen LogP contribution in [0.15, 0.2) is 30.3 Å². The van der Waals surface area contributed by atoms with E-state index in [4.69, 9.17) is 0 Å². The number of aryl methyl sites for hydroxylation is 1. The van der Waals surface area contributed by atoms with Gasteiger partial charge in [0.05, 0.1) is 13.5 Å². The first-order valence-corrected chi connectivity index (χ1v) is 4.97. The van der Waals surface area contributed by atoms with Gasteiger partial charge in [-0.1, -0.05) is 30.3 Å². The lowest BCUT2D eigenvalue weighted by atomic mass is 10.1. The summed E-state index contributed by atoms with van der Waals surface area (Å²) >= 11 is 0. The van der Waals surface area contributed by atoms with E-state index in [-0.39, 0.29) is 6.42 Å². The third-order valence-corrected chi connectivity index (χ3v) is 2.20. The minimum absolute atomic E-state index is 0.149. The third kappa shape index (κ3) is 4.58. The van der Waals surface area contributed by atoms with Crippen LogP contribution < -0.4 is 0 Å². The Morgan fingerprint density at radius 1 is 1.40 bits per heavy atom. The van der Waals surface area contributed by atoms with Gasteiger partial charge in [-0.25, -0.2) is 4.39 Å². The molecule has 0 aliphatic heterocycles. The zero-order chi connectivity index (χ0) is 11.1. The molecule has 0 heterocycles. The van der Waals surface area contributed by atoms with Crippen LogP contribution in [0, 0.1) is 0 Å². The van der Waals surface area contributed by atoms with Crippen LogP contribution in [0.4, 0.5) is 4.39 Å². The number of hydrogen-bond donors (Lipinski definition) is 0. The lowest BCUT2D eigenvalue weighted by Crippen LogP contribution is -2.11. The zero-order valence-electron chi connectivity index (χ0n) is 8.78. The van der Waals surface area contributed by atoms with Gasteiger partial charge in [0.25, 0.3) is 0 Å². The number of ether oxygens (including phenoxy) is 1. The number of hydrogen-bond acceptors (Lipinski definition) is 2. The van der Waals surface area contributed by atoms with Crippen molar-refractivity contribution in [2.24, 2.45) is 0 Å². The summed E-state index contributed by atoms with van der Waals surface area (Å²) in [6.07, 6.45) is -0.251. The Balaban J connectivity index is 2.28. The highest BCUT2D eigenvalue weighted by molar-refractivity contribution is 5.69. The van der Waals surface area contributed by atoms with Crippen molar-refractivity contribution in [2.45, 2.75) is 25.4 Å². The highest BCUT2D eigenvalue weighted by atomic mass is 19.1. The average Bonchev–Trinajstić information content (AvgIpc) is 2.27. The molecule has 0 spiro atoms. The van der Waals surface area contributed by atoms with Crippen molar-refractivity contribution in [3.05, 3.63) is 35.9 Å². The van der Waals surface area contributed by atoms with E-state index >= 15 is 0 Å². The summed E-state index contributed by atoms with van der Waals surface area (Å²) in [5.74, 6) is -0.490. The summed E-state index contributed by atoms with van der Waals surface area (Å²) in [6, 6.07) is 9.66. The molecular formula is C12H15FO2. The Kier molecular flexibility index (Phi) is 4.81. The van der Waals surface area contributed by atoms with Gasteiger partial charge in [0.1, 0.15) is 6.17 Å². The van der Waals surface area contributed by atoms with Gasteiger partial charge in [0, 0.05) is 0 Å². The van der Waals surface area contributed by atoms with E-state index in [0.29, 0.717) is 12.8 Å². The second-order valence-electron chi connectivity index (χ2n) is 3.40. The summed E-state index contributed by atoms with van der Waals surface area (Å²) in [5, 5.41) is 0. The second-order valence-corrected chi connectivity index (χ2v) is 3.40. The van der Waals surface area contributed by atoms with E-state index < -0.39 is 12.1 Å². The Morgan fingerprint density at radius 2 is 2.07 bits per heavy atom. The van der Waals surface area contributed by atoms with E-state index in [9.17, 15) is 9.18 Å². The third-order valence-electron chi connectivity index (χ3n) is 2.20. The maximum atomic E-state index is 13.2. The Morgan fingerprint density at radius 3 is 2.67 bits per heavy atom. The fourth-order valence-corrected chi connectivity index (χ4v) is 1.33. The average molecular weight is 210 g/mol. The van der Waals surface area contributed by atoms with Gasteiger partial charge >= 0.3 is 5.97 Å². The van der Waals surface area contributed by atoms with Crippen LogP contribution >= 0.6 is 0 Å². The first-order chi connectivity index (χ1) is 7.22. The molecule has 1 aromatic carbocycles. The second kappa shape index (κ2) is 6.17. The molecule has 0 aromatic heterocycles. The highest BCUT2D eigenvalue weighted by Gasteiger charge is 2.12. The van der Waals surface area contributed by atoms with Crippen molar-refractivity contribution in [1.82, 2.24) is 0 Å². The summed E-state index contributed by atoms with van der Waals surface area (Å²) in [7, 11) is 1.27. The van der Waals surface area contributed by atoms with Gasteiger partial charge in [-0.15, -0.1) is 0 Å². The molecule has 0 bridgehead atoms. The molecule has 0 fully saturated rings. The number of benzene rings is 1. The number of carbonyl (C=O) groups is 1. The molecular weight excluding hydrogens is 195 g/mol. The van der Waals surface area contributed by atoms with Gasteiger partial charge in [-0.05, 0) is 18.4 Å². The molecule has 82 valence electrons. The van der Waals surface area contributed by atoms with Crippen LogP contribution in [0.2, 0.25) is 0 Å². The van der Waals surface area contributed by atoms with E-state index in [1.165, 1.54) is 7.11 Å². The maximum absolute atomic E-state index is 13.2. The van der Waals surface area contributed by atoms with Gasteiger partial charge in [-0.3, -0.25) is 4.79 Å². The topological polar surface area (TPSA) is 26.3 Å². The molecule has 1 atom stereocenters. The molecule has 0 amide bonds. The van der Waals surface area contributed by atoms with Crippen LogP contribution in [-0.4, -0.2) is 19.3 Å². The minimum Gasteiger partial charge on any atom is -0.469 e. The first kappa shape index (κ1) is 11.7. The van der Waals surface area contributed by atoms with Crippen LogP contribution in [0.25, 0.3) is 0 Å². The van der Waals surface area contributed by atoms with Crippen molar-refractivity contribution in [1.29, 1.82) is 0 Å². The molecule has 3 heteroatoms. The van der Waals surface area contributed by atoms with E-state index in [0.717, 1.165) is 5.56 Å². The summed E-state index contributed by atoms with van der Waals surface area (Å²) in [4.78, 5) is 10.8. The Hall–Kier alpha value is -1.38. The Bertz CT molecular complexity index is 298.